The lowest BCUT2D eigenvalue weighted by Gasteiger charge is -2.35. The van der Waals surface area contributed by atoms with E-state index in [1.807, 2.05) is 24.0 Å². The van der Waals surface area contributed by atoms with Gasteiger partial charge >= 0.3 is 0 Å². The van der Waals surface area contributed by atoms with Gasteiger partial charge in [0.05, 0.1) is 17.5 Å². The molecule has 150 valence electrons. The molecule has 1 aliphatic carbocycles. The zero-order valence-corrected chi connectivity index (χ0v) is 16.5. The van der Waals surface area contributed by atoms with Crippen molar-refractivity contribution in [3.8, 4) is 0 Å². The molecular weight excluding hydrogens is 380 g/mol. The number of carbonyl (C=O) groups is 4. The van der Waals surface area contributed by atoms with Crippen molar-refractivity contribution in [1.82, 2.24) is 4.90 Å². The molecule has 30 heavy (non-hydrogen) atoms. The number of carbonyl (C=O) groups excluding carboxylic acids is 4. The highest BCUT2D eigenvalue weighted by atomic mass is 16.2. The van der Waals surface area contributed by atoms with Crippen LogP contribution in [0.3, 0.4) is 0 Å². The molecule has 6 nitrogen and oxygen atoms in total. The number of para-hydroxylation sites is 1. The van der Waals surface area contributed by atoms with Crippen LogP contribution in [0.2, 0.25) is 0 Å². The van der Waals surface area contributed by atoms with E-state index in [1.165, 1.54) is 4.90 Å². The molecule has 2 aromatic rings. The van der Waals surface area contributed by atoms with Crippen molar-refractivity contribution in [3.05, 3.63) is 65.2 Å². The minimum Gasteiger partial charge on any atom is -0.291 e. The number of Topliss-reactive ketones (excluding diaryl/α,β-unsaturated/α-hetero) is 2. The minimum atomic E-state index is -1.58. The predicted octanol–water partition coefficient (Wildman–Crippen LogP) is 2.40. The molecule has 3 unspecified atom stereocenters. The number of rotatable bonds is 1. The van der Waals surface area contributed by atoms with Crippen molar-refractivity contribution in [1.29, 1.82) is 0 Å². The molecule has 0 aromatic heterocycles. The third kappa shape index (κ3) is 1.80. The van der Waals surface area contributed by atoms with E-state index in [4.69, 9.17) is 0 Å². The number of fused-ring (bicyclic) bond motifs is 6. The summed E-state index contributed by atoms with van der Waals surface area (Å²) >= 11 is 0. The van der Waals surface area contributed by atoms with Crippen molar-refractivity contribution < 1.29 is 19.2 Å². The molecule has 3 fully saturated rings. The van der Waals surface area contributed by atoms with Gasteiger partial charge in [-0.25, -0.2) is 4.90 Å². The Morgan fingerprint density at radius 2 is 1.50 bits per heavy atom. The van der Waals surface area contributed by atoms with Gasteiger partial charge in [0.1, 0.15) is 0 Å². The SMILES string of the molecule is Cc1ccccc1N1C(=O)C2C3CCCN3C3(C(=O)c4ccccc4C3=O)C2C1=O. The van der Waals surface area contributed by atoms with E-state index in [1.54, 1.807) is 36.4 Å². The zero-order valence-electron chi connectivity index (χ0n) is 16.5. The Hall–Kier alpha value is -3.12. The Morgan fingerprint density at radius 3 is 2.17 bits per heavy atom. The van der Waals surface area contributed by atoms with Crippen molar-refractivity contribution in [3.63, 3.8) is 0 Å². The third-order valence-corrected chi connectivity index (χ3v) is 7.43. The summed E-state index contributed by atoms with van der Waals surface area (Å²) in [5, 5.41) is 0. The van der Waals surface area contributed by atoms with E-state index in [-0.39, 0.29) is 23.5 Å². The number of imide groups is 1. The molecule has 2 amide bonds. The number of amides is 2. The molecule has 0 saturated carbocycles. The summed E-state index contributed by atoms with van der Waals surface area (Å²) < 4.78 is 0. The van der Waals surface area contributed by atoms with Crippen LogP contribution >= 0.6 is 0 Å². The number of anilines is 1. The second kappa shape index (κ2) is 5.73. The van der Waals surface area contributed by atoms with Crippen LogP contribution in [-0.4, -0.2) is 46.4 Å². The molecule has 3 heterocycles. The first kappa shape index (κ1) is 17.7. The molecule has 0 N–H and O–H groups in total. The van der Waals surface area contributed by atoms with Gasteiger partial charge in [0.15, 0.2) is 17.1 Å². The fraction of sp³-hybridized carbons (Fsp3) is 0.333. The van der Waals surface area contributed by atoms with Crippen LogP contribution in [0.4, 0.5) is 5.69 Å². The van der Waals surface area contributed by atoms with Crippen LogP contribution in [-0.2, 0) is 9.59 Å². The van der Waals surface area contributed by atoms with Gasteiger partial charge < -0.3 is 0 Å². The van der Waals surface area contributed by atoms with Gasteiger partial charge in [0.25, 0.3) is 0 Å². The van der Waals surface area contributed by atoms with E-state index in [9.17, 15) is 19.2 Å². The molecule has 0 bridgehead atoms. The molecule has 6 rings (SSSR count). The van der Waals surface area contributed by atoms with Gasteiger partial charge in [-0.2, -0.15) is 0 Å². The highest BCUT2D eigenvalue weighted by molar-refractivity contribution is 6.37. The van der Waals surface area contributed by atoms with E-state index in [2.05, 4.69) is 0 Å². The number of hydrogen-bond acceptors (Lipinski definition) is 5. The van der Waals surface area contributed by atoms with Crippen LogP contribution in [0.1, 0.15) is 39.1 Å². The summed E-state index contributed by atoms with van der Waals surface area (Å²) in [4.78, 5) is 57.9. The normalized spacial score (nSPS) is 29.1. The van der Waals surface area contributed by atoms with Gasteiger partial charge in [0.2, 0.25) is 11.8 Å². The third-order valence-electron chi connectivity index (χ3n) is 7.43. The Balaban J connectivity index is 1.57. The average molecular weight is 400 g/mol. The summed E-state index contributed by atoms with van der Waals surface area (Å²) in [6, 6.07) is 13.8. The second-order valence-electron chi connectivity index (χ2n) is 8.68. The standard InChI is InChI=1S/C24H20N2O4/c1-13-7-2-5-10-16(13)26-22(29)18-17-11-6-12-25(17)24(19(18)23(26)30)20(27)14-8-3-4-9-15(14)21(24)28/h2-5,7-10,17-19H,6,11-12H2,1H3. The van der Waals surface area contributed by atoms with Gasteiger partial charge in [-0.3, -0.25) is 24.1 Å². The van der Waals surface area contributed by atoms with Gasteiger partial charge in [-0.05, 0) is 37.9 Å². The highest BCUT2D eigenvalue weighted by Gasteiger charge is 2.76. The van der Waals surface area contributed by atoms with Crippen LogP contribution < -0.4 is 4.90 Å². The summed E-state index contributed by atoms with van der Waals surface area (Å²) in [5.41, 5.74) is 0.493. The predicted molar refractivity (Wildman–Crippen MR) is 108 cm³/mol. The zero-order chi connectivity index (χ0) is 20.8. The largest absolute Gasteiger partial charge is 0.291 e. The molecule has 4 aliphatic rings. The van der Waals surface area contributed by atoms with Crippen LogP contribution in [0.15, 0.2) is 48.5 Å². The molecule has 3 aliphatic heterocycles. The Kier molecular flexibility index (Phi) is 3.38. The number of ketones is 2. The van der Waals surface area contributed by atoms with Gasteiger partial charge in [-0.1, -0.05) is 42.5 Å². The van der Waals surface area contributed by atoms with E-state index in [0.29, 0.717) is 29.8 Å². The quantitative estimate of drug-likeness (QED) is 0.543. The monoisotopic (exact) mass is 400 g/mol. The van der Waals surface area contributed by atoms with Crippen molar-refractivity contribution in [2.75, 3.05) is 11.4 Å². The Bertz CT molecular complexity index is 1130. The maximum Gasteiger partial charge on any atom is 0.240 e. The van der Waals surface area contributed by atoms with E-state index >= 15 is 0 Å². The number of hydrogen-bond donors (Lipinski definition) is 0. The molecule has 3 atom stereocenters. The average Bonchev–Trinajstić information content (AvgIpc) is 3.44. The number of nitrogens with zero attached hydrogens (tertiary/aromatic N) is 2. The first-order valence-corrected chi connectivity index (χ1v) is 10.4. The Morgan fingerprint density at radius 1 is 0.867 bits per heavy atom. The summed E-state index contributed by atoms with van der Waals surface area (Å²) in [6.45, 7) is 2.40. The summed E-state index contributed by atoms with van der Waals surface area (Å²) in [5.74, 6) is -3.00. The van der Waals surface area contributed by atoms with E-state index < -0.39 is 23.3 Å². The molecule has 0 radical (unpaired) electrons. The lowest BCUT2D eigenvalue weighted by Crippen LogP contribution is -2.59. The Labute approximate surface area is 173 Å². The first-order chi connectivity index (χ1) is 14.5. The topological polar surface area (TPSA) is 74.8 Å². The van der Waals surface area contributed by atoms with Gasteiger partial charge in [-0.15, -0.1) is 0 Å². The summed E-state index contributed by atoms with van der Waals surface area (Å²) in [7, 11) is 0. The second-order valence-corrected chi connectivity index (χ2v) is 8.68. The summed E-state index contributed by atoms with van der Waals surface area (Å²) in [6.07, 6.45) is 1.51. The van der Waals surface area contributed by atoms with Crippen LogP contribution in [0.25, 0.3) is 0 Å². The maximum atomic E-state index is 13.8. The van der Waals surface area contributed by atoms with Gasteiger partial charge in [0, 0.05) is 17.2 Å². The lowest BCUT2D eigenvalue weighted by atomic mass is 9.76. The first-order valence-electron chi connectivity index (χ1n) is 10.4. The minimum absolute atomic E-state index is 0.261. The molecule has 6 heteroatoms. The molecule has 1 spiro atoms. The number of aryl methyl sites for hydroxylation is 1. The molecule has 2 aromatic carbocycles. The van der Waals surface area contributed by atoms with Crippen molar-refractivity contribution in [2.45, 2.75) is 31.3 Å². The fourth-order valence-corrected chi connectivity index (χ4v) is 6.29. The van der Waals surface area contributed by atoms with Crippen molar-refractivity contribution >= 4 is 29.1 Å². The highest BCUT2D eigenvalue weighted by Crippen LogP contribution is 2.57. The fourth-order valence-electron chi connectivity index (χ4n) is 6.29. The molecular formula is C24H20N2O4. The maximum absolute atomic E-state index is 13.8. The van der Waals surface area contributed by atoms with Crippen LogP contribution in [0, 0.1) is 18.8 Å². The van der Waals surface area contributed by atoms with Crippen LogP contribution in [0.5, 0.6) is 0 Å². The van der Waals surface area contributed by atoms with E-state index in [0.717, 1.165) is 12.0 Å². The lowest BCUT2D eigenvalue weighted by molar-refractivity contribution is -0.124. The number of benzene rings is 2. The smallest absolute Gasteiger partial charge is 0.240 e. The van der Waals surface area contributed by atoms with Crippen molar-refractivity contribution in [2.24, 2.45) is 11.8 Å². The molecule has 3 saturated heterocycles.